The fourth-order valence-corrected chi connectivity index (χ4v) is 4.25. The molecule has 0 aliphatic carbocycles. The molecule has 0 amide bonds. The Morgan fingerprint density at radius 3 is 1.63 bits per heavy atom. The third kappa shape index (κ3) is 7.60. The van der Waals surface area contributed by atoms with Crippen LogP contribution in [-0.2, 0) is 0 Å². The first-order valence-electron chi connectivity index (χ1n) is 12.8. The average Bonchev–Trinajstić information content (AvgIpc) is 2.90. The van der Waals surface area contributed by atoms with E-state index in [2.05, 4.69) is 0 Å². The largest absolute Gasteiger partial charge is 0.493 e. The summed E-state index contributed by atoms with van der Waals surface area (Å²) in [5, 5.41) is 0. The van der Waals surface area contributed by atoms with Gasteiger partial charge in [0.15, 0.2) is 0 Å². The van der Waals surface area contributed by atoms with Crippen molar-refractivity contribution in [2.75, 3.05) is 6.61 Å². The van der Waals surface area contributed by atoms with Crippen LogP contribution >= 0.6 is 0 Å². The second-order valence-electron chi connectivity index (χ2n) is 9.28. The molecule has 0 aromatic heterocycles. The SMILES string of the molecule is CC(CCCCCCOc1ccc(-c2ccc(F)cc2)c(F)c1)Oc1ccc(-c2ccc(F)cc2)c(F)c1. The summed E-state index contributed by atoms with van der Waals surface area (Å²) >= 11 is 0. The molecule has 0 spiro atoms. The minimum atomic E-state index is -0.411. The predicted molar refractivity (Wildman–Crippen MR) is 142 cm³/mol. The first-order chi connectivity index (χ1) is 18.4. The third-order valence-corrected chi connectivity index (χ3v) is 6.30. The lowest BCUT2D eigenvalue weighted by Crippen LogP contribution is -2.11. The van der Waals surface area contributed by atoms with E-state index in [1.54, 1.807) is 48.5 Å². The van der Waals surface area contributed by atoms with E-state index in [1.807, 2.05) is 6.92 Å². The fourth-order valence-electron chi connectivity index (χ4n) is 4.25. The van der Waals surface area contributed by atoms with Gasteiger partial charge in [0.05, 0.1) is 12.7 Å². The Morgan fingerprint density at radius 2 is 1.08 bits per heavy atom. The standard InChI is InChI=1S/C32H30F4O2/c1-22(38-28-16-18-30(32(36)21-28)24-9-13-26(34)14-10-24)6-4-2-3-5-19-37-27-15-17-29(31(35)20-27)23-7-11-25(33)12-8-23/h7-18,20-22H,2-6,19H2,1H3. The van der Waals surface area contributed by atoms with E-state index in [0.717, 1.165) is 32.1 Å². The molecule has 0 bridgehead atoms. The van der Waals surface area contributed by atoms with Gasteiger partial charge in [-0.3, -0.25) is 0 Å². The van der Waals surface area contributed by atoms with Crippen LogP contribution in [0.15, 0.2) is 84.9 Å². The maximum Gasteiger partial charge on any atom is 0.134 e. The van der Waals surface area contributed by atoms with Gasteiger partial charge in [-0.1, -0.05) is 37.1 Å². The molecule has 1 atom stereocenters. The molecule has 4 aromatic rings. The molecule has 1 unspecified atom stereocenters. The molecule has 0 N–H and O–H groups in total. The average molecular weight is 523 g/mol. The van der Waals surface area contributed by atoms with E-state index < -0.39 is 11.6 Å². The van der Waals surface area contributed by atoms with E-state index in [-0.39, 0.29) is 17.7 Å². The molecule has 0 saturated carbocycles. The van der Waals surface area contributed by atoms with E-state index in [4.69, 9.17) is 9.47 Å². The molecule has 2 nitrogen and oxygen atoms in total. The smallest absolute Gasteiger partial charge is 0.134 e. The second kappa shape index (κ2) is 13.1. The molecule has 0 saturated heterocycles. The molecular weight excluding hydrogens is 492 g/mol. The van der Waals surface area contributed by atoms with Gasteiger partial charge in [-0.25, -0.2) is 17.6 Å². The molecule has 0 aliphatic heterocycles. The first-order valence-corrected chi connectivity index (χ1v) is 12.8. The molecule has 0 fully saturated rings. The number of benzene rings is 4. The minimum absolute atomic E-state index is 0.0649. The summed E-state index contributed by atoms with van der Waals surface area (Å²) in [5.74, 6) is -0.611. The zero-order valence-corrected chi connectivity index (χ0v) is 21.2. The number of rotatable bonds is 12. The lowest BCUT2D eigenvalue weighted by molar-refractivity contribution is 0.205. The second-order valence-corrected chi connectivity index (χ2v) is 9.28. The number of ether oxygens (including phenoxy) is 2. The number of halogens is 4. The summed E-state index contributed by atoms with van der Waals surface area (Å²) in [6.07, 6.45) is 4.52. The minimum Gasteiger partial charge on any atom is -0.493 e. The van der Waals surface area contributed by atoms with Crippen LogP contribution in [0.2, 0.25) is 0 Å². The molecule has 0 heterocycles. The van der Waals surface area contributed by atoms with Gasteiger partial charge in [0.25, 0.3) is 0 Å². The van der Waals surface area contributed by atoms with Crippen molar-refractivity contribution in [3.8, 4) is 33.8 Å². The number of hydrogen-bond donors (Lipinski definition) is 0. The lowest BCUT2D eigenvalue weighted by atomic mass is 10.0. The molecule has 4 aromatic carbocycles. The molecule has 198 valence electrons. The molecule has 4 rings (SSSR count). The van der Waals surface area contributed by atoms with Crippen LogP contribution < -0.4 is 9.47 Å². The Morgan fingerprint density at radius 1 is 0.579 bits per heavy atom. The summed E-state index contributed by atoms with van der Waals surface area (Å²) in [6.45, 7) is 2.44. The summed E-state index contributed by atoms with van der Waals surface area (Å²) in [4.78, 5) is 0. The van der Waals surface area contributed by atoms with E-state index in [9.17, 15) is 17.6 Å². The Bertz CT molecular complexity index is 1320. The van der Waals surface area contributed by atoms with Gasteiger partial charge >= 0.3 is 0 Å². The highest BCUT2D eigenvalue weighted by molar-refractivity contribution is 5.65. The maximum atomic E-state index is 14.5. The molecule has 6 heteroatoms. The molecule has 38 heavy (non-hydrogen) atoms. The van der Waals surface area contributed by atoms with Crippen molar-refractivity contribution < 1.29 is 27.0 Å². The van der Waals surface area contributed by atoms with Crippen LogP contribution in [0.3, 0.4) is 0 Å². The highest BCUT2D eigenvalue weighted by atomic mass is 19.1. The highest BCUT2D eigenvalue weighted by Crippen LogP contribution is 2.28. The molecule has 0 aliphatic rings. The van der Waals surface area contributed by atoms with Crippen molar-refractivity contribution >= 4 is 0 Å². The monoisotopic (exact) mass is 522 g/mol. The zero-order valence-electron chi connectivity index (χ0n) is 21.2. The van der Waals surface area contributed by atoms with Crippen LogP contribution in [-0.4, -0.2) is 12.7 Å². The van der Waals surface area contributed by atoms with E-state index in [1.165, 1.54) is 36.4 Å². The van der Waals surface area contributed by atoms with Crippen molar-refractivity contribution in [1.29, 1.82) is 0 Å². The summed E-state index contributed by atoms with van der Waals surface area (Å²) < 4.78 is 66.8. The quantitative estimate of drug-likeness (QED) is 0.136. The highest BCUT2D eigenvalue weighted by Gasteiger charge is 2.10. The van der Waals surface area contributed by atoms with Crippen LogP contribution in [0.4, 0.5) is 17.6 Å². The predicted octanol–water partition coefficient (Wildman–Crippen LogP) is 9.37. The third-order valence-electron chi connectivity index (χ3n) is 6.30. The van der Waals surface area contributed by atoms with Crippen LogP contribution in [0, 0.1) is 23.3 Å². The fraction of sp³-hybridized carbons (Fsp3) is 0.250. The van der Waals surface area contributed by atoms with Crippen molar-refractivity contribution in [1.82, 2.24) is 0 Å². The van der Waals surface area contributed by atoms with Gasteiger partial charge in [0.1, 0.15) is 34.8 Å². The molecule has 0 radical (unpaired) electrons. The van der Waals surface area contributed by atoms with Gasteiger partial charge in [-0.15, -0.1) is 0 Å². The topological polar surface area (TPSA) is 18.5 Å². The maximum absolute atomic E-state index is 14.5. The van der Waals surface area contributed by atoms with E-state index >= 15 is 0 Å². The summed E-state index contributed by atoms with van der Waals surface area (Å²) in [6, 6.07) is 20.9. The van der Waals surface area contributed by atoms with Crippen LogP contribution in [0.25, 0.3) is 22.3 Å². The number of unbranched alkanes of at least 4 members (excludes halogenated alkanes) is 3. The van der Waals surface area contributed by atoms with E-state index in [0.29, 0.717) is 40.4 Å². The summed E-state index contributed by atoms with van der Waals surface area (Å²) in [7, 11) is 0. The van der Waals surface area contributed by atoms with Gasteiger partial charge in [0.2, 0.25) is 0 Å². The van der Waals surface area contributed by atoms with Gasteiger partial charge < -0.3 is 9.47 Å². The Hall–Kier alpha value is -3.80. The summed E-state index contributed by atoms with van der Waals surface area (Å²) in [5.41, 5.74) is 2.03. The van der Waals surface area contributed by atoms with Gasteiger partial charge in [-0.2, -0.15) is 0 Å². The first kappa shape index (κ1) is 27.2. The van der Waals surface area contributed by atoms with Crippen molar-refractivity contribution in [2.45, 2.75) is 45.1 Å². The van der Waals surface area contributed by atoms with Crippen molar-refractivity contribution in [2.24, 2.45) is 0 Å². The Labute approximate surface area is 220 Å². The Kier molecular flexibility index (Phi) is 9.41. The van der Waals surface area contributed by atoms with Crippen LogP contribution in [0.1, 0.15) is 39.0 Å². The van der Waals surface area contributed by atoms with Crippen LogP contribution in [0.5, 0.6) is 11.5 Å². The van der Waals surface area contributed by atoms with Gasteiger partial charge in [0, 0.05) is 23.3 Å². The number of hydrogen-bond acceptors (Lipinski definition) is 2. The van der Waals surface area contributed by atoms with Crippen molar-refractivity contribution in [3.05, 3.63) is 108 Å². The van der Waals surface area contributed by atoms with Crippen molar-refractivity contribution in [3.63, 3.8) is 0 Å². The molecular formula is C32H30F4O2. The zero-order chi connectivity index (χ0) is 26.9. The lowest BCUT2D eigenvalue weighted by Gasteiger charge is -2.15. The normalized spacial score (nSPS) is 11.8. The van der Waals surface area contributed by atoms with Gasteiger partial charge in [-0.05, 0) is 85.8 Å². The Balaban J connectivity index is 1.13.